The summed E-state index contributed by atoms with van der Waals surface area (Å²) in [6.45, 7) is 4.78. The fourth-order valence-electron chi connectivity index (χ4n) is 2.71. The molecule has 3 rings (SSSR count). The molecule has 2 heterocycles. The van der Waals surface area contributed by atoms with Gasteiger partial charge in [0.05, 0.1) is 10.4 Å². The molecule has 0 saturated heterocycles. The Labute approximate surface area is 139 Å². The Morgan fingerprint density at radius 1 is 1.12 bits per heavy atom. The molecule has 0 spiro atoms. The van der Waals surface area contributed by atoms with Crippen molar-refractivity contribution in [3.05, 3.63) is 52.3 Å². The summed E-state index contributed by atoms with van der Waals surface area (Å²) < 4.78 is 35.8. The largest absolute Gasteiger partial charge is 0.419 e. The van der Waals surface area contributed by atoms with E-state index in [2.05, 4.69) is 4.72 Å². The van der Waals surface area contributed by atoms with Crippen molar-refractivity contribution in [2.45, 2.75) is 25.3 Å². The number of hydrogen-bond acceptors (Lipinski definition) is 4. The molecule has 0 unspecified atom stereocenters. The number of oxazole rings is 1. The first-order valence-corrected chi connectivity index (χ1v) is 9.00. The van der Waals surface area contributed by atoms with Gasteiger partial charge in [-0.1, -0.05) is 0 Å². The van der Waals surface area contributed by atoms with Crippen LogP contribution in [0.25, 0.3) is 11.1 Å². The first kappa shape index (κ1) is 16.5. The van der Waals surface area contributed by atoms with Gasteiger partial charge in [0.1, 0.15) is 0 Å². The number of nitrogens with zero attached hydrogens (tertiary/aromatic N) is 2. The summed E-state index contributed by atoms with van der Waals surface area (Å²) in [5.74, 6) is -0.522. The van der Waals surface area contributed by atoms with Gasteiger partial charge in [-0.3, -0.25) is 4.57 Å². The minimum absolute atomic E-state index is 0.0744. The molecular weight excluding hydrogens is 330 g/mol. The molecule has 1 aromatic carbocycles. The van der Waals surface area contributed by atoms with Gasteiger partial charge in [0.25, 0.3) is 0 Å². The van der Waals surface area contributed by atoms with Gasteiger partial charge in [-0.2, -0.15) is 0 Å². The summed E-state index contributed by atoms with van der Waals surface area (Å²) in [6.07, 6.45) is 0. The number of hydrogen-bond donors (Lipinski definition) is 1. The van der Waals surface area contributed by atoms with Gasteiger partial charge in [-0.15, -0.1) is 0 Å². The van der Waals surface area contributed by atoms with Gasteiger partial charge in [-0.25, -0.2) is 17.9 Å². The molecule has 3 aromatic rings. The highest BCUT2D eigenvalue weighted by Gasteiger charge is 2.16. The Kier molecular flexibility index (Phi) is 4.10. The lowest BCUT2D eigenvalue weighted by Gasteiger charge is -2.11. The summed E-state index contributed by atoms with van der Waals surface area (Å²) in [4.78, 5) is 11.6. The standard InChI is InChI=1S/C16H19N3O4S/c1-11-4-5-12(2)19(11)9-8-17-24(21,22)13-6-7-14-15(10-13)23-16(20)18(14)3/h4-7,10,17H,8-9H2,1-3H3. The summed E-state index contributed by atoms with van der Waals surface area (Å²) in [7, 11) is -2.10. The first-order chi connectivity index (χ1) is 11.3. The molecule has 0 aliphatic carbocycles. The van der Waals surface area contributed by atoms with Crippen LogP contribution in [0.5, 0.6) is 0 Å². The minimum atomic E-state index is -3.67. The molecule has 0 atom stereocenters. The zero-order valence-electron chi connectivity index (χ0n) is 13.7. The van der Waals surface area contributed by atoms with Gasteiger partial charge in [-0.05, 0) is 38.1 Å². The molecule has 0 aliphatic heterocycles. The van der Waals surface area contributed by atoms with Gasteiger partial charge >= 0.3 is 5.76 Å². The van der Waals surface area contributed by atoms with Crippen LogP contribution >= 0.6 is 0 Å². The van der Waals surface area contributed by atoms with Gasteiger partial charge in [0, 0.05) is 37.6 Å². The fourth-order valence-corrected chi connectivity index (χ4v) is 3.74. The number of aryl methyl sites for hydroxylation is 3. The van der Waals surface area contributed by atoms with Crippen LogP contribution in [0.2, 0.25) is 0 Å². The highest BCUT2D eigenvalue weighted by molar-refractivity contribution is 7.89. The van der Waals surface area contributed by atoms with Gasteiger partial charge in [0.15, 0.2) is 5.58 Å². The van der Waals surface area contributed by atoms with E-state index < -0.39 is 15.8 Å². The first-order valence-electron chi connectivity index (χ1n) is 7.51. The van der Waals surface area contributed by atoms with Gasteiger partial charge in [0.2, 0.25) is 10.0 Å². The molecule has 1 N–H and O–H groups in total. The molecule has 0 saturated carbocycles. The highest BCUT2D eigenvalue weighted by atomic mass is 32.2. The monoisotopic (exact) mass is 349 g/mol. The van der Waals surface area contributed by atoms with Crippen LogP contribution in [-0.2, 0) is 23.6 Å². The fraction of sp³-hybridized carbons (Fsp3) is 0.312. The van der Waals surface area contributed by atoms with E-state index in [9.17, 15) is 13.2 Å². The number of nitrogens with one attached hydrogen (secondary N) is 1. The van der Waals surface area contributed by atoms with Crippen molar-refractivity contribution in [1.29, 1.82) is 0 Å². The summed E-state index contributed by atoms with van der Waals surface area (Å²) in [5.41, 5.74) is 2.97. The van der Waals surface area contributed by atoms with Crippen LogP contribution in [0.1, 0.15) is 11.4 Å². The van der Waals surface area contributed by atoms with Crippen molar-refractivity contribution in [3.8, 4) is 0 Å². The smallest absolute Gasteiger partial charge is 0.408 e. The number of fused-ring (bicyclic) bond motifs is 1. The second kappa shape index (κ2) is 5.95. The molecule has 0 radical (unpaired) electrons. The van der Waals surface area contributed by atoms with Crippen molar-refractivity contribution in [1.82, 2.24) is 13.9 Å². The Bertz CT molecular complexity index is 1040. The summed E-state index contributed by atoms with van der Waals surface area (Å²) in [6, 6.07) is 8.39. The Balaban J connectivity index is 1.79. The highest BCUT2D eigenvalue weighted by Crippen LogP contribution is 2.17. The van der Waals surface area contributed by atoms with Crippen LogP contribution in [-0.4, -0.2) is 24.1 Å². The Morgan fingerprint density at radius 3 is 2.46 bits per heavy atom. The molecule has 0 aliphatic rings. The third kappa shape index (κ3) is 2.90. The molecular formula is C16H19N3O4S. The topological polar surface area (TPSA) is 86.2 Å². The maximum Gasteiger partial charge on any atom is 0.419 e. The lowest BCUT2D eigenvalue weighted by molar-refractivity contribution is 0.527. The Hall–Kier alpha value is -2.32. The van der Waals surface area contributed by atoms with Gasteiger partial charge < -0.3 is 8.98 Å². The van der Waals surface area contributed by atoms with E-state index in [4.69, 9.17) is 4.42 Å². The van der Waals surface area contributed by atoms with E-state index in [0.717, 1.165) is 11.4 Å². The van der Waals surface area contributed by atoms with E-state index >= 15 is 0 Å². The zero-order valence-corrected chi connectivity index (χ0v) is 14.6. The Morgan fingerprint density at radius 2 is 1.79 bits per heavy atom. The van der Waals surface area contributed by atoms with Crippen LogP contribution in [0.4, 0.5) is 0 Å². The lowest BCUT2D eigenvalue weighted by atomic mass is 10.3. The maximum absolute atomic E-state index is 12.4. The van der Waals surface area contributed by atoms with E-state index in [0.29, 0.717) is 12.1 Å². The predicted molar refractivity (Wildman–Crippen MR) is 90.5 cm³/mol. The second-order valence-electron chi connectivity index (χ2n) is 5.72. The quantitative estimate of drug-likeness (QED) is 0.757. The predicted octanol–water partition coefficient (Wildman–Crippen LogP) is 1.53. The summed E-state index contributed by atoms with van der Waals surface area (Å²) >= 11 is 0. The van der Waals surface area contributed by atoms with Crippen molar-refractivity contribution >= 4 is 21.1 Å². The lowest BCUT2D eigenvalue weighted by Crippen LogP contribution is -2.27. The van der Waals surface area contributed by atoms with E-state index in [-0.39, 0.29) is 17.0 Å². The molecule has 24 heavy (non-hydrogen) atoms. The van der Waals surface area contributed by atoms with Crippen LogP contribution in [0.15, 0.2) is 44.4 Å². The average molecular weight is 349 g/mol. The van der Waals surface area contributed by atoms with Crippen molar-refractivity contribution in [3.63, 3.8) is 0 Å². The van der Waals surface area contributed by atoms with Crippen LogP contribution in [0.3, 0.4) is 0 Å². The van der Waals surface area contributed by atoms with Crippen LogP contribution in [0, 0.1) is 13.8 Å². The van der Waals surface area contributed by atoms with E-state index in [1.54, 1.807) is 13.1 Å². The molecule has 2 aromatic heterocycles. The molecule has 0 bridgehead atoms. The number of benzene rings is 1. The SMILES string of the molecule is Cc1ccc(C)n1CCNS(=O)(=O)c1ccc2c(c1)oc(=O)n2C. The molecule has 0 amide bonds. The van der Waals surface area contributed by atoms with E-state index in [1.165, 1.54) is 16.7 Å². The summed E-state index contributed by atoms with van der Waals surface area (Å²) in [5, 5.41) is 0. The molecule has 128 valence electrons. The normalized spacial score (nSPS) is 12.1. The second-order valence-corrected chi connectivity index (χ2v) is 7.49. The average Bonchev–Trinajstić information content (AvgIpc) is 3.00. The minimum Gasteiger partial charge on any atom is -0.408 e. The molecule has 7 nitrogen and oxygen atoms in total. The third-order valence-corrected chi connectivity index (χ3v) is 5.58. The number of rotatable bonds is 5. The number of aromatic nitrogens is 2. The molecule has 0 fully saturated rings. The maximum atomic E-state index is 12.4. The van der Waals surface area contributed by atoms with Crippen molar-refractivity contribution < 1.29 is 12.8 Å². The third-order valence-electron chi connectivity index (χ3n) is 4.12. The molecule has 8 heteroatoms. The van der Waals surface area contributed by atoms with E-state index in [1.807, 2.05) is 30.5 Å². The van der Waals surface area contributed by atoms with Crippen LogP contribution < -0.4 is 10.5 Å². The van der Waals surface area contributed by atoms with Crippen molar-refractivity contribution in [2.24, 2.45) is 7.05 Å². The number of sulfonamides is 1. The van der Waals surface area contributed by atoms with Crippen molar-refractivity contribution in [2.75, 3.05) is 6.54 Å². The zero-order chi connectivity index (χ0) is 17.5.